The minimum Gasteiger partial charge on any atom is -0.493 e. The van der Waals surface area contributed by atoms with E-state index in [0.29, 0.717) is 34.5 Å². The van der Waals surface area contributed by atoms with Crippen molar-refractivity contribution in [2.75, 3.05) is 41.6 Å². The normalized spacial score (nSPS) is 16.3. The molecule has 2 aliphatic heterocycles. The lowest BCUT2D eigenvalue weighted by atomic mass is 9.93. The van der Waals surface area contributed by atoms with Gasteiger partial charge in [-0.05, 0) is 35.6 Å². The van der Waals surface area contributed by atoms with Crippen molar-refractivity contribution in [3.63, 3.8) is 0 Å². The SMILES string of the molecule is COCCOC(=O)C1=C(C)N=C2SC=C(CC(=O)N(C)Cc3ccccc3)N2[C@@H]1c1ccc(OC)c(OC)c1. The summed E-state index contributed by atoms with van der Waals surface area (Å²) in [5.74, 6) is 0.560. The minimum atomic E-state index is -0.583. The predicted octanol–water partition coefficient (Wildman–Crippen LogP) is 4.52. The molecule has 0 unspecified atom stereocenters. The summed E-state index contributed by atoms with van der Waals surface area (Å²) >= 11 is 1.43. The number of carbonyl (C=O) groups is 2. The molecular formula is C29H33N3O6S. The van der Waals surface area contributed by atoms with Crippen LogP contribution in [0.25, 0.3) is 0 Å². The zero-order valence-electron chi connectivity index (χ0n) is 22.8. The number of rotatable bonds is 11. The summed E-state index contributed by atoms with van der Waals surface area (Å²) in [7, 11) is 6.47. The van der Waals surface area contributed by atoms with E-state index in [-0.39, 0.29) is 25.5 Å². The maximum Gasteiger partial charge on any atom is 0.338 e. The van der Waals surface area contributed by atoms with Crippen molar-refractivity contribution in [1.29, 1.82) is 0 Å². The van der Waals surface area contributed by atoms with Crippen molar-refractivity contribution < 1.29 is 28.5 Å². The van der Waals surface area contributed by atoms with Crippen molar-refractivity contribution in [3.05, 3.63) is 82.0 Å². The number of amidine groups is 1. The summed E-state index contributed by atoms with van der Waals surface area (Å²) in [5, 5.41) is 2.61. The number of fused-ring (bicyclic) bond motifs is 1. The number of aliphatic imine (C=N–C) groups is 1. The molecule has 2 heterocycles. The average Bonchev–Trinajstić information content (AvgIpc) is 3.34. The van der Waals surface area contributed by atoms with Gasteiger partial charge in [0.15, 0.2) is 16.7 Å². The number of ether oxygens (including phenoxy) is 4. The maximum absolute atomic E-state index is 13.4. The molecule has 9 nitrogen and oxygen atoms in total. The van der Waals surface area contributed by atoms with E-state index in [1.165, 1.54) is 11.8 Å². The fraction of sp³-hybridized carbons (Fsp3) is 0.345. The van der Waals surface area contributed by atoms with Gasteiger partial charge in [0.2, 0.25) is 5.91 Å². The largest absolute Gasteiger partial charge is 0.493 e. The van der Waals surface area contributed by atoms with Gasteiger partial charge in [-0.2, -0.15) is 0 Å². The molecule has 0 saturated heterocycles. The Hall–Kier alpha value is -3.76. The van der Waals surface area contributed by atoms with E-state index < -0.39 is 12.0 Å². The average molecular weight is 552 g/mol. The second kappa shape index (κ2) is 12.9. The third kappa shape index (κ3) is 6.29. The van der Waals surface area contributed by atoms with Crippen molar-refractivity contribution in [1.82, 2.24) is 9.80 Å². The number of carbonyl (C=O) groups excluding carboxylic acids is 2. The fourth-order valence-electron chi connectivity index (χ4n) is 4.50. The van der Waals surface area contributed by atoms with Crippen molar-refractivity contribution in [3.8, 4) is 11.5 Å². The van der Waals surface area contributed by atoms with Crippen LogP contribution in [0.4, 0.5) is 0 Å². The highest BCUT2D eigenvalue weighted by atomic mass is 32.2. The second-order valence-electron chi connectivity index (χ2n) is 9.05. The van der Waals surface area contributed by atoms with E-state index in [0.717, 1.165) is 16.8 Å². The molecule has 0 aromatic heterocycles. The van der Waals surface area contributed by atoms with Gasteiger partial charge in [0.25, 0.3) is 0 Å². The van der Waals surface area contributed by atoms with Gasteiger partial charge in [-0.25, -0.2) is 9.79 Å². The number of hydrogen-bond donors (Lipinski definition) is 0. The van der Waals surface area contributed by atoms with Crippen LogP contribution in [0, 0.1) is 0 Å². The fourth-order valence-corrected chi connectivity index (χ4v) is 5.46. The van der Waals surface area contributed by atoms with Gasteiger partial charge in [-0.15, -0.1) is 0 Å². The van der Waals surface area contributed by atoms with E-state index in [1.807, 2.05) is 52.8 Å². The number of nitrogens with zero attached hydrogens (tertiary/aromatic N) is 3. The van der Waals surface area contributed by atoms with Crippen LogP contribution >= 0.6 is 11.8 Å². The summed E-state index contributed by atoms with van der Waals surface area (Å²) in [4.78, 5) is 35.1. The standard InChI is InChI=1S/C29H33N3O6S/c1-19-26(28(34)38-14-13-35-3)27(21-11-12-23(36-4)24(15-21)37-5)32-22(18-39-29(32)30-19)16-25(33)31(2)17-20-9-7-6-8-10-20/h6-12,15,18,27H,13-14,16-17H2,1-5H3/t27-/m1/s1. The highest BCUT2D eigenvalue weighted by Crippen LogP contribution is 2.46. The Labute approximate surface area is 233 Å². The first-order valence-electron chi connectivity index (χ1n) is 12.5. The van der Waals surface area contributed by atoms with E-state index in [1.54, 1.807) is 46.3 Å². The van der Waals surface area contributed by atoms with Gasteiger partial charge >= 0.3 is 5.97 Å². The third-order valence-electron chi connectivity index (χ3n) is 6.49. The first-order chi connectivity index (χ1) is 18.9. The molecule has 0 fully saturated rings. The molecule has 0 spiro atoms. The highest BCUT2D eigenvalue weighted by Gasteiger charge is 2.41. The Morgan fingerprint density at radius 2 is 1.77 bits per heavy atom. The molecule has 206 valence electrons. The zero-order chi connectivity index (χ0) is 27.9. The first kappa shape index (κ1) is 28.3. The molecule has 0 aliphatic carbocycles. The summed E-state index contributed by atoms with van der Waals surface area (Å²) in [6.07, 6.45) is 0.143. The number of benzene rings is 2. The molecule has 1 atom stereocenters. The summed E-state index contributed by atoms with van der Waals surface area (Å²) in [5.41, 5.74) is 3.51. The minimum absolute atomic E-state index is 0.0477. The monoisotopic (exact) mass is 551 g/mol. The first-order valence-corrected chi connectivity index (χ1v) is 13.4. The smallest absolute Gasteiger partial charge is 0.338 e. The topological polar surface area (TPSA) is 89.9 Å². The van der Waals surface area contributed by atoms with Crippen LogP contribution < -0.4 is 9.47 Å². The molecule has 2 aromatic carbocycles. The van der Waals surface area contributed by atoms with Crippen LogP contribution in [0.1, 0.15) is 30.5 Å². The van der Waals surface area contributed by atoms with E-state index in [9.17, 15) is 9.59 Å². The molecule has 0 N–H and O–H groups in total. The molecule has 4 rings (SSSR count). The number of amides is 1. The van der Waals surface area contributed by atoms with Gasteiger partial charge in [-0.3, -0.25) is 4.79 Å². The number of hydrogen-bond acceptors (Lipinski definition) is 9. The zero-order valence-corrected chi connectivity index (χ0v) is 23.6. The van der Waals surface area contributed by atoms with Crippen LogP contribution in [0.3, 0.4) is 0 Å². The lowest BCUT2D eigenvalue weighted by Gasteiger charge is -2.36. The summed E-state index contributed by atoms with van der Waals surface area (Å²) in [6, 6.07) is 14.8. The summed E-state index contributed by atoms with van der Waals surface area (Å²) in [6.45, 7) is 2.68. The summed E-state index contributed by atoms with van der Waals surface area (Å²) < 4.78 is 21.6. The molecule has 0 saturated carbocycles. The maximum atomic E-state index is 13.4. The van der Waals surface area contributed by atoms with E-state index in [4.69, 9.17) is 23.9 Å². The molecule has 0 bridgehead atoms. The highest BCUT2D eigenvalue weighted by molar-refractivity contribution is 8.16. The lowest BCUT2D eigenvalue weighted by molar-refractivity contribution is -0.141. The van der Waals surface area contributed by atoms with Gasteiger partial charge in [0.1, 0.15) is 6.61 Å². The Bertz CT molecular complexity index is 1310. The van der Waals surface area contributed by atoms with E-state index in [2.05, 4.69) is 0 Å². The molecule has 2 aromatic rings. The van der Waals surface area contributed by atoms with E-state index >= 15 is 0 Å². The molecule has 1 amide bonds. The van der Waals surface area contributed by atoms with Crippen LogP contribution in [0.15, 0.2) is 75.9 Å². The molecular weight excluding hydrogens is 518 g/mol. The second-order valence-corrected chi connectivity index (χ2v) is 9.88. The number of allylic oxidation sites excluding steroid dienone is 1. The number of methoxy groups -OCH3 is 3. The van der Waals surface area contributed by atoms with Crippen LogP contribution in [-0.2, 0) is 25.6 Å². The lowest BCUT2D eigenvalue weighted by Crippen LogP contribution is -2.38. The Morgan fingerprint density at radius 3 is 2.46 bits per heavy atom. The van der Waals surface area contributed by atoms with Gasteiger partial charge < -0.3 is 28.7 Å². The van der Waals surface area contributed by atoms with Crippen molar-refractivity contribution >= 4 is 28.8 Å². The Balaban J connectivity index is 1.67. The predicted molar refractivity (Wildman–Crippen MR) is 150 cm³/mol. The third-order valence-corrected chi connectivity index (χ3v) is 7.37. The van der Waals surface area contributed by atoms with Crippen LogP contribution in [0.2, 0.25) is 0 Å². The van der Waals surface area contributed by atoms with Gasteiger partial charge in [0, 0.05) is 26.4 Å². The van der Waals surface area contributed by atoms with Crippen molar-refractivity contribution in [2.24, 2.45) is 4.99 Å². The quantitative estimate of drug-likeness (QED) is 0.298. The Kier molecular flexibility index (Phi) is 9.32. The molecule has 2 aliphatic rings. The van der Waals surface area contributed by atoms with Gasteiger partial charge in [0.05, 0.1) is 44.6 Å². The molecule has 10 heteroatoms. The molecule has 0 radical (unpaired) electrons. The van der Waals surface area contributed by atoms with Gasteiger partial charge in [-0.1, -0.05) is 48.2 Å². The molecule has 39 heavy (non-hydrogen) atoms. The van der Waals surface area contributed by atoms with Crippen LogP contribution in [0.5, 0.6) is 11.5 Å². The van der Waals surface area contributed by atoms with Crippen LogP contribution in [-0.4, -0.2) is 68.4 Å². The Morgan fingerprint density at radius 1 is 1.03 bits per heavy atom. The van der Waals surface area contributed by atoms with Crippen molar-refractivity contribution in [2.45, 2.75) is 25.9 Å². The number of esters is 1. The number of thioether (sulfide) groups is 1.